The lowest BCUT2D eigenvalue weighted by Crippen LogP contribution is -2.13. The summed E-state index contributed by atoms with van der Waals surface area (Å²) in [7, 11) is -3.89. The van der Waals surface area contributed by atoms with Gasteiger partial charge in [-0.15, -0.1) is 0 Å². The smallest absolute Gasteiger partial charge is 0.261 e. The van der Waals surface area contributed by atoms with Crippen molar-refractivity contribution in [2.75, 3.05) is 11.3 Å². The van der Waals surface area contributed by atoms with Gasteiger partial charge in [-0.25, -0.2) is 17.2 Å². The zero-order valence-corrected chi connectivity index (χ0v) is 11.8. The number of hydrogen-bond acceptors (Lipinski definition) is 3. The largest absolute Gasteiger partial charge is 0.330 e. The average Bonchev–Trinajstić information content (AvgIpc) is 2.38. The van der Waals surface area contributed by atoms with Crippen molar-refractivity contribution in [3.8, 4) is 0 Å². The normalized spacial score (nSPS) is 11.4. The van der Waals surface area contributed by atoms with Crippen LogP contribution in [0.15, 0.2) is 47.4 Å². The highest BCUT2D eigenvalue weighted by atomic mass is 32.2. The van der Waals surface area contributed by atoms with Crippen molar-refractivity contribution < 1.29 is 17.2 Å². The highest BCUT2D eigenvalue weighted by Gasteiger charge is 2.15. The molecule has 2 rings (SSSR count). The van der Waals surface area contributed by atoms with Crippen LogP contribution in [-0.4, -0.2) is 15.0 Å². The van der Waals surface area contributed by atoms with Crippen molar-refractivity contribution >= 4 is 15.7 Å². The van der Waals surface area contributed by atoms with Gasteiger partial charge in [0.2, 0.25) is 0 Å². The minimum Gasteiger partial charge on any atom is -0.330 e. The van der Waals surface area contributed by atoms with Crippen molar-refractivity contribution in [2.24, 2.45) is 5.73 Å². The molecule has 0 aliphatic rings. The minimum absolute atomic E-state index is 0.00735. The summed E-state index contributed by atoms with van der Waals surface area (Å²) in [6, 6.07) is 8.61. The third kappa shape index (κ3) is 3.99. The Labute approximate surface area is 121 Å². The van der Waals surface area contributed by atoms with Crippen molar-refractivity contribution in [1.82, 2.24) is 0 Å². The third-order valence-electron chi connectivity index (χ3n) is 2.78. The van der Waals surface area contributed by atoms with Crippen LogP contribution in [0.1, 0.15) is 5.56 Å². The Kier molecular flexibility index (Phi) is 4.54. The standard InChI is InChI=1S/C14H14F2N2O2S/c15-11-7-12(16)9-13(8-11)18-21(19,20)14-3-1-10(2-4-14)5-6-17/h1-4,7-9,18H,5-6,17H2. The molecule has 0 aliphatic carbocycles. The fraction of sp³-hybridized carbons (Fsp3) is 0.143. The summed E-state index contributed by atoms with van der Waals surface area (Å²) >= 11 is 0. The zero-order chi connectivity index (χ0) is 15.5. The van der Waals surface area contributed by atoms with E-state index in [1.165, 1.54) is 12.1 Å². The first-order valence-electron chi connectivity index (χ1n) is 6.18. The van der Waals surface area contributed by atoms with E-state index in [-0.39, 0.29) is 10.6 Å². The molecule has 0 heterocycles. The molecule has 0 saturated heterocycles. The average molecular weight is 312 g/mol. The lowest BCUT2D eigenvalue weighted by Gasteiger charge is -2.09. The van der Waals surface area contributed by atoms with Gasteiger partial charge in [0.1, 0.15) is 11.6 Å². The first-order chi connectivity index (χ1) is 9.90. The van der Waals surface area contributed by atoms with Crippen LogP contribution in [0.2, 0.25) is 0 Å². The second-order valence-electron chi connectivity index (χ2n) is 4.45. The van der Waals surface area contributed by atoms with Crippen LogP contribution in [-0.2, 0) is 16.4 Å². The van der Waals surface area contributed by atoms with E-state index in [0.29, 0.717) is 19.0 Å². The molecule has 0 unspecified atom stereocenters. The summed E-state index contributed by atoms with van der Waals surface area (Å²) in [6.45, 7) is 0.465. The molecule has 0 saturated carbocycles. The first kappa shape index (κ1) is 15.4. The van der Waals surface area contributed by atoms with Gasteiger partial charge in [-0.05, 0) is 42.8 Å². The molecule has 0 bridgehead atoms. The van der Waals surface area contributed by atoms with E-state index in [1.54, 1.807) is 12.1 Å². The molecule has 7 heteroatoms. The van der Waals surface area contributed by atoms with E-state index in [9.17, 15) is 17.2 Å². The van der Waals surface area contributed by atoms with Crippen molar-refractivity contribution in [1.29, 1.82) is 0 Å². The number of rotatable bonds is 5. The molecule has 0 aromatic heterocycles. The van der Waals surface area contributed by atoms with Crippen LogP contribution in [0.25, 0.3) is 0 Å². The topological polar surface area (TPSA) is 72.2 Å². The van der Waals surface area contributed by atoms with Gasteiger partial charge in [-0.3, -0.25) is 4.72 Å². The molecule has 2 aromatic carbocycles. The molecule has 4 nitrogen and oxygen atoms in total. The number of nitrogens with one attached hydrogen (secondary N) is 1. The second kappa shape index (κ2) is 6.19. The Morgan fingerprint density at radius 3 is 2.10 bits per heavy atom. The fourth-order valence-electron chi connectivity index (χ4n) is 1.83. The number of hydrogen-bond donors (Lipinski definition) is 2. The van der Waals surface area contributed by atoms with Crippen LogP contribution in [0.5, 0.6) is 0 Å². The van der Waals surface area contributed by atoms with Crippen molar-refractivity contribution in [2.45, 2.75) is 11.3 Å². The van der Waals surface area contributed by atoms with Gasteiger partial charge in [-0.2, -0.15) is 0 Å². The van der Waals surface area contributed by atoms with E-state index < -0.39 is 21.7 Å². The summed E-state index contributed by atoms with van der Waals surface area (Å²) in [5.74, 6) is -1.71. The molecule has 112 valence electrons. The fourth-order valence-corrected chi connectivity index (χ4v) is 2.87. The van der Waals surface area contributed by atoms with E-state index in [2.05, 4.69) is 4.72 Å². The van der Waals surface area contributed by atoms with Gasteiger partial charge in [0.15, 0.2) is 0 Å². The Balaban J connectivity index is 2.25. The Bertz CT molecular complexity index is 711. The van der Waals surface area contributed by atoms with Gasteiger partial charge in [0, 0.05) is 6.07 Å². The minimum atomic E-state index is -3.89. The highest BCUT2D eigenvalue weighted by molar-refractivity contribution is 7.92. The third-order valence-corrected chi connectivity index (χ3v) is 4.18. The molecule has 21 heavy (non-hydrogen) atoms. The molecular formula is C14H14F2N2O2S. The first-order valence-corrected chi connectivity index (χ1v) is 7.67. The van der Waals surface area contributed by atoms with Gasteiger partial charge < -0.3 is 5.73 Å². The predicted octanol–water partition coefficient (Wildman–Crippen LogP) is 2.27. The lowest BCUT2D eigenvalue weighted by molar-refractivity contribution is 0.584. The maximum atomic E-state index is 13.1. The van der Waals surface area contributed by atoms with Crippen LogP contribution in [0, 0.1) is 11.6 Å². The van der Waals surface area contributed by atoms with Crippen LogP contribution in [0.3, 0.4) is 0 Å². The maximum absolute atomic E-state index is 13.1. The number of halogens is 2. The molecule has 2 aromatic rings. The van der Waals surface area contributed by atoms with Crippen LogP contribution in [0.4, 0.5) is 14.5 Å². The molecule has 0 atom stereocenters. The zero-order valence-electron chi connectivity index (χ0n) is 11.0. The van der Waals surface area contributed by atoms with Crippen molar-refractivity contribution in [3.05, 3.63) is 59.7 Å². The molecular weight excluding hydrogens is 298 g/mol. The van der Waals surface area contributed by atoms with Crippen LogP contribution >= 0.6 is 0 Å². The van der Waals surface area contributed by atoms with Gasteiger partial charge in [0.05, 0.1) is 10.6 Å². The molecule has 0 radical (unpaired) electrons. The monoisotopic (exact) mass is 312 g/mol. The summed E-state index contributed by atoms with van der Waals surface area (Å²) in [6.07, 6.45) is 0.642. The number of benzene rings is 2. The molecule has 3 N–H and O–H groups in total. The predicted molar refractivity (Wildman–Crippen MR) is 76.4 cm³/mol. The lowest BCUT2D eigenvalue weighted by atomic mass is 10.2. The quantitative estimate of drug-likeness (QED) is 0.889. The number of nitrogens with two attached hydrogens (primary N) is 1. The summed E-state index contributed by atoms with van der Waals surface area (Å²) in [4.78, 5) is 0.00735. The van der Waals surface area contributed by atoms with E-state index in [4.69, 9.17) is 5.73 Å². The van der Waals surface area contributed by atoms with E-state index in [1.807, 2.05) is 0 Å². The van der Waals surface area contributed by atoms with Gasteiger partial charge in [0.25, 0.3) is 10.0 Å². The molecule has 0 aliphatic heterocycles. The highest BCUT2D eigenvalue weighted by Crippen LogP contribution is 2.19. The van der Waals surface area contributed by atoms with Gasteiger partial charge >= 0.3 is 0 Å². The Hall–Kier alpha value is -1.99. The maximum Gasteiger partial charge on any atom is 0.261 e. The summed E-state index contributed by atoms with van der Waals surface area (Å²) in [5.41, 5.74) is 6.16. The Morgan fingerprint density at radius 1 is 1.00 bits per heavy atom. The number of sulfonamides is 1. The van der Waals surface area contributed by atoms with E-state index >= 15 is 0 Å². The van der Waals surface area contributed by atoms with E-state index in [0.717, 1.165) is 17.7 Å². The molecule has 0 spiro atoms. The Morgan fingerprint density at radius 2 is 1.57 bits per heavy atom. The molecule has 0 amide bonds. The summed E-state index contributed by atoms with van der Waals surface area (Å²) in [5, 5.41) is 0. The molecule has 0 fully saturated rings. The SMILES string of the molecule is NCCc1ccc(S(=O)(=O)Nc2cc(F)cc(F)c2)cc1. The summed E-state index contributed by atoms with van der Waals surface area (Å²) < 4.78 is 52.5. The number of anilines is 1. The van der Waals surface area contributed by atoms with Gasteiger partial charge in [-0.1, -0.05) is 12.1 Å². The second-order valence-corrected chi connectivity index (χ2v) is 6.13. The van der Waals surface area contributed by atoms with Crippen LogP contribution < -0.4 is 10.5 Å². The van der Waals surface area contributed by atoms with Crippen molar-refractivity contribution in [3.63, 3.8) is 0 Å².